The van der Waals surface area contributed by atoms with Crippen LogP contribution >= 0.6 is 0 Å². The maximum absolute atomic E-state index is 4.55. The lowest BCUT2D eigenvalue weighted by Gasteiger charge is -2.23. The van der Waals surface area contributed by atoms with Crippen molar-refractivity contribution in [1.82, 2.24) is 29.8 Å². The number of aromatic nitrogens is 6. The van der Waals surface area contributed by atoms with Crippen LogP contribution in [0.5, 0.6) is 0 Å². The van der Waals surface area contributed by atoms with Crippen molar-refractivity contribution in [3.8, 4) is 0 Å². The fourth-order valence-corrected chi connectivity index (χ4v) is 2.65. The van der Waals surface area contributed by atoms with E-state index in [1.54, 1.807) is 17.2 Å². The van der Waals surface area contributed by atoms with Gasteiger partial charge in [-0.25, -0.2) is 9.67 Å². The standard InChI is InChI=1S/C12H18N6/c1-10-15-12(9-17-13-7-8-14-17)18(16-10)11-5-3-2-4-6-11/h7-8,11H,2-6,9H2,1H3. The number of hydrogen-bond donors (Lipinski definition) is 0. The zero-order valence-electron chi connectivity index (χ0n) is 10.7. The van der Waals surface area contributed by atoms with Crippen LogP contribution in [0.2, 0.25) is 0 Å². The summed E-state index contributed by atoms with van der Waals surface area (Å²) in [6, 6.07) is 0.505. The molecule has 0 radical (unpaired) electrons. The van der Waals surface area contributed by atoms with Crippen LogP contribution in [0.25, 0.3) is 0 Å². The van der Waals surface area contributed by atoms with E-state index in [-0.39, 0.29) is 0 Å². The van der Waals surface area contributed by atoms with Gasteiger partial charge in [-0.3, -0.25) is 0 Å². The quantitative estimate of drug-likeness (QED) is 0.827. The highest BCUT2D eigenvalue weighted by Crippen LogP contribution is 2.28. The molecule has 0 amide bonds. The molecule has 0 aromatic carbocycles. The number of aryl methyl sites for hydroxylation is 1. The summed E-state index contributed by atoms with van der Waals surface area (Å²) in [7, 11) is 0. The summed E-state index contributed by atoms with van der Waals surface area (Å²) in [5.41, 5.74) is 0. The molecule has 18 heavy (non-hydrogen) atoms. The molecule has 1 aliphatic carbocycles. The second kappa shape index (κ2) is 4.88. The molecular formula is C12H18N6. The SMILES string of the molecule is Cc1nc(Cn2nccn2)n(C2CCCCC2)n1. The summed E-state index contributed by atoms with van der Waals surface area (Å²) in [5.74, 6) is 1.80. The maximum Gasteiger partial charge on any atom is 0.151 e. The van der Waals surface area contributed by atoms with Crippen LogP contribution in [0.15, 0.2) is 12.4 Å². The molecule has 2 aromatic rings. The predicted octanol–water partition coefficient (Wildman–Crippen LogP) is 1.73. The molecule has 0 saturated heterocycles. The van der Waals surface area contributed by atoms with Gasteiger partial charge in [0.05, 0.1) is 18.4 Å². The van der Waals surface area contributed by atoms with Crippen LogP contribution in [-0.2, 0) is 6.54 Å². The molecule has 0 aliphatic heterocycles. The second-order valence-corrected chi connectivity index (χ2v) is 4.87. The number of rotatable bonds is 3. The highest BCUT2D eigenvalue weighted by molar-refractivity contribution is 4.94. The molecule has 6 heteroatoms. The summed E-state index contributed by atoms with van der Waals surface area (Å²) in [6.45, 7) is 2.55. The van der Waals surface area contributed by atoms with Gasteiger partial charge < -0.3 is 0 Å². The van der Waals surface area contributed by atoms with E-state index in [0.717, 1.165) is 11.6 Å². The zero-order valence-corrected chi connectivity index (χ0v) is 10.7. The first-order valence-corrected chi connectivity index (χ1v) is 6.59. The summed E-state index contributed by atoms with van der Waals surface area (Å²) in [4.78, 5) is 6.17. The van der Waals surface area contributed by atoms with Crippen LogP contribution < -0.4 is 0 Å². The van der Waals surface area contributed by atoms with E-state index in [4.69, 9.17) is 0 Å². The topological polar surface area (TPSA) is 61.4 Å². The molecule has 0 unspecified atom stereocenters. The zero-order chi connectivity index (χ0) is 12.4. The lowest BCUT2D eigenvalue weighted by Crippen LogP contribution is -2.19. The molecule has 1 saturated carbocycles. The first-order chi connectivity index (χ1) is 8.83. The van der Waals surface area contributed by atoms with E-state index in [9.17, 15) is 0 Å². The fraction of sp³-hybridized carbons (Fsp3) is 0.667. The Morgan fingerprint density at radius 1 is 1.17 bits per heavy atom. The van der Waals surface area contributed by atoms with Crippen molar-refractivity contribution >= 4 is 0 Å². The van der Waals surface area contributed by atoms with Gasteiger partial charge in [0.25, 0.3) is 0 Å². The Balaban J connectivity index is 1.84. The van der Waals surface area contributed by atoms with E-state index in [0.29, 0.717) is 12.6 Å². The summed E-state index contributed by atoms with van der Waals surface area (Å²) < 4.78 is 2.10. The average molecular weight is 246 g/mol. The van der Waals surface area contributed by atoms with Gasteiger partial charge in [0, 0.05) is 0 Å². The third-order valence-electron chi connectivity index (χ3n) is 3.48. The van der Waals surface area contributed by atoms with Crippen LogP contribution in [0.4, 0.5) is 0 Å². The van der Waals surface area contributed by atoms with Crippen molar-refractivity contribution in [2.24, 2.45) is 0 Å². The van der Waals surface area contributed by atoms with Crippen molar-refractivity contribution < 1.29 is 0 Å². The van der Waals surface area contributed by atoms with Gasteiger partial charge >= 0.3 is 0 Å². The van der Waals surface area contributed by atoms with Gasteiger partial charge in [-0.15, -0.1) is 0 Å². The molecule has 0 bridgehead atoms. The predicted molar refractivity (Wildman–Crippen MR) is 66.0 cm³/mol. The minimum atomic E-state index is 0.505. The molecule has 6 nitrogen and oxygen atoms in total. The number of hydrogen-bond acceptors (Lipinski definition) is 4. The molecule has 0 atom stereocenters. The Bertz CT molecular complexity index is 495. The first-order valence-electron chi connectivity index (χ1n) is 6.59. The Morgan fingerprint density at radius 2 is 1.89 bits per heavy atom. The molecular weight excluding hydrogens is 228 g/mol. The van der Waals surface area contributed by atoms with Gasteiger partial charge in [0.1, 0.15) is 12.4 Å². The maximum atomic E-state index is 4.55. The van der Waals surface area contributed by atoms with E-state index >= 15 is 0 Å². The van der Waals surface area contributed by atoms with E-state index in [2.05, 4.69) is 25.0 Å². The second-order valence-electron chi connectivity index (χ2n) is 4.87. The Morgan fingerprint density at radius 3 is 2.61 bits per heavy atom. The van der Waals surface area contributed by atoms with Crippen molar-refractivity contribution in [2.45, 2.75) is 51.6 Å². The average Bonchev–Trinajstić information content (AvgIpc) is 3.01. The van der Waals surface area contributed by atoms with E-state index < -0.39 is 0 Å². The molecule has 2 heterocycles. The number of nitrogens with zero attached hydrogens (tertiary/aromatic N) is 6. The van der Waals surface area contributed by atoms with Crippen molar-refractivity contribution in [1.29, 1.82) is 0 Å². The van der Waals surface area contributed by atoms with Gasteiger partial charge in [-0.2, -0.15) is 20.1 Å². The molecule has 96 valence electrons. The minimum absolute atomic E-state index is 0.505. The van der Waals surface area contributed by atoms with E-state index in [1.165, 1.54) is 32.1 Å². The Hall–Kier alpha value is -1.72. The van der Waals surface area contributed by atoms with Crippen molar-refractivity contribution in [3.05, 3.63) is 24.0 Å². The van der Waals surface area contributed by atoms with Crippen LogP contribution in [0.3, 0.4) is 0 Å². The molecule has 1 aliphatic rings. The van der Waals surface area contributed by atoms with Crippen LogP contribution in [0, 0.1) is 6.92 Å². The van der Waals surface area contributed by atoms with Gasteiger partial charge in [-0.05, 0) is 19.8 Å². The lowest BCUT2D eigenvalue weighted by molar-refractivity contribution is 0.316. The summed E-state index contributed by atoms with van der Waals surface area (Å²) in [6.07, 6.45) is 9.74. The molecule has 2 aromatic heterocycles. The van der Waals surface area contributed by atoms with Gasteiger partial charge in [0.2, 0.25) is 0 Å². The van der Waals surface area contributed by atoms with Crippen molar-refractivity contribution in [2.75, 3.05) is 0 Å². The monoisotopic (exact) mass is 246 g/mol. The van der Waals surface area contributed by atoms with Crippen LogP contribution in [0.1, 0.15) is 49.8 Å². The lowest BCUT2D eigenvalue weighted by atomic mass is 9.96. The van der Waals surface area contributed by atoms with Gasteiger partial charge in [0.15, 0.2) is 5.82 Å². The Kier molecular flexibility index (Phi) is 3.08. The summed E-state index contributed by atoms with van der Waals surface area (Å²) >= 11 is 0. The molecule has 1 fully saturated rings. The fourth-order valence-electron chi connectivity index (χ4n) is 2.65. The largest absolute Gasteiger partial charge is 0.245 e. The molecule has 0 spiro atoms. The molecule has 0 N–H and O–H groups in total. The third kappa shape index (κ3) is 2.27. The van der Waals surface area contributed by atoms with Crippen molar-refractivity contribution in [3.63, 3.8) is 0 Å². The first kappa shape index (κ1) is 11.4. The minimum Gasteiger partial charge on any atom is -0.245 e. The van der Waals surface area contributed by atoms with Crippen LogP contribution in [-0.4, -0.2) is 29.8 Å². The molecule has 3 rings (SSSR count). The smallest absolute Gasteiger partial charge is 0.151 e. The Labute approximate surface area is 106 Å². The third-order valence-corrected chi connectivity index (χ3v) is 3.48. The van der Waals surface area contributed by atoms with E-state index in [1.807, 2.05) is 6.92 Å². The highest BCUT2D eigenvalue weighted by Gasteiger charge is 2.20. The summed E-state index contributed by atoms with van der Waals surface area (Å²) in [5, 5.41) is 12.8. The highest BCUT2D eigenvalue weighted by atomic mass is 15.5. The van der Waals surface area contributed by atoms with Gasteiger partial charge in [-0.1, -0.05) is 19.3 Å². The normalized spacial score (nSPS) is 17.2.